The third-order valence-corrected chi connectivity index (χ3v) is 3.02. The summed E-state index contributed by atoms with van der Waals surface area (Å²) >= 11 is 0. The van der Waals surface area contributed by atoms with Crippen LogP contribution in [0.25, 0.3) is 0 Å². The van der Waals surface area contributed by atoms with Gasteiger partial charge in [-0.2, -0.15) is 0 Å². The lowest BCUT2D eigenvalue weighted by atomic mass is 9.91. The standard InChI is InChI=1S/C13H23NO2/c1-4-15-9-10-16-11-14-7-5-13(6-8-14)12(2)3/h4,13H,1-2,5-11H2,3H3. The highest BCUT2D eigenvalue weighted by Crippen LogP contribution is 2.22. The van der Waals surface area contributed by atoms with Gasteiger partial charge < -0.3 is 9.47 Å². The summed E-state index contributed by atoms with van der Waals surface area (Å²) in [6.45, 7) is 13.8. The van der Waals surface area contributed by atoms with Gasteiger partial charge in [-0.1, -0.05) is 18.7 Å². The van der Waals surface area contributed by atoms with Gasteiger partial charge in [0.05, 0.1) is 19.6 Å². The first kappa shape index (κ1) is 13.3. The molecule has 16 heavy (non-hydrogen) atoms. The summed E-state index contributed by atoms with van der Waals surface area (Å²) < 4.78 is 10.5. The van der Waals surface area contributed by atoms with E-state index >= 15 is 0 Å². The molecule has 1 rings (SSSR count). The van der Waals surface area contributed by atoms with E-state index in [1.165, 1.54) is 24.7 Å². The van der Waals surface area contributed by atoms with E-state index in [9.17, 15) is 0 Å². The molecule has 1 heterocycles. The third kappa shape index (κ3) is 4.81. The molecule has 1 saturated heterocycles. The van der Waals surface area contributed by atoms with Gasteiger partial charge >= 0.3 is 0 Å². The number of piperidine rings is 1. The Kier molecular flexibility index (Phi) is 6.19. The van der Waals surface area contributed by atoms with E-state index in [2.05, 4.69) is 25.0 Å². The highest BCUT2D eigenvalue weighted by atomic mass is 16.5. The fourth-order valence-electron chi connectivity index (χ4n) is 1.94. The second kappa shape index (κ2) is 7.47. The lowest BCUT2D eigenvalue weighted by Gasteiger charge is -2.31. The molecule has 92 valence electrons. The Morgan fingerprint density at radius 1 is 1.38 bits per heavy atom. The molecule has 0 N–H and O–H groups in total. The van der Waals surface area contributed by atoms with E-state index in [-0.39, 0.29) is 0 Å². The summed E-state index contributed by atoms with van der Waals surface area (Å²) in [6.07, 6.45) is 3.87. The lowest BCUT2D eigenvalue weighted by molar-refractivity contribution is -0.00269. The minimum atomic E-state index is 0.589. The van der Waals surface area contributed by atoms with Crippen molar-refractivity contribution in [1.82, 2.24) is 4.90 Å². The van der Waals surface area contributed by atoms with E-state index < -0.39 is 0 Å². The third-order valence-electron chi connectivity index (χ3n) is 3.02. The Balaban J connectivity index is 2.03. The first-order chi connectivity index (χ1) is 7.74. The van der Waals surface area contributed by atoms with Crippen LogP contribution >= 0.6 is 0 Å². The zero-order chi connectivity index (χ0) is 11.8. The second-order valence-electron chi connectivity index (χ2n) is 4.31. The van der Waals surface area contributed by atoms with Crippen molar-refractivity contribution in [2.24, 2.45) is 5.92 Å². The summed E-state index contributed by atoms with van der Waals surface area (Å²) in [5.41, 5.74) is 1.32. The van der Waals surface area contributed by atoms with Gasteiger partial charge in [0.1, 0.15) is 6.61 Å². The van der Waals surface area contributed by atoms with Gasteiger partial charge in [0.25, 0.3) is 0 Å². The van der Waals surface area contributed by atoms with Crippen LogP contribution in [-0.4, -0.2) is 37.9 Å². The van der Waals surface area contributed by atoms with Crippen LogP contribution < -0.4 is 0 Å². The van der Waals surface area contributed by atoms with Crippen molar-refractivity contribution in [3.05, 3.63) is 25.0 Å². The number of ether oxygens (including phenoxy) is 2. The molecule has 1 fully saturated rings. The summed E-state index contributed by atoms with van der Waals surface area (Å²) in [7, 11) is 0. The molecule has 0 spiro atoms. The van der Waals surface area contributed by atoms with Gasteiger partial charge in [0.2, 0.25) is 0 Å². The van der Waals surface area contributed by atoms with Crippen LogP contribution in [0, 0.1) is 5.92 Å². The highest BCUT2D eigenvalue weighted by molar-refractivity contribution is 4.97. The Bertz CT molecular complexity index is 220. The van der Waals surface area contributed by atoms with Crippen molar-refractivity contribution in [3.63, 3.8) is 0 Å². The molecule has 0 amide bonds. The van der Waals surface area contributed by atoms with Crippen molar-refractivity contribution >= 4 is 0 Å². The molecule has 0 unspecified atom stereocenters. The zero-order valence-electron chi connectivity index (χ0n) is 10.3. The zero-order valence-corrected chi connectivity index (χ0v) is 10.3. The van der Waals surface area contributed by atoms with Crippen LogP contribution in [0.15, 0.2) is 25.0 Å². The average molecular weight is 225 g/mol. The van der Waals surface area contributed by atoms with E-state index in [4.69, 9.17) is 9.47 Å². The molecular formula is C13H23NO2. The molecule has 0 aromatic heterocycles. The SMILES string of the molecule is C=COCCOCN1CCC(C(=C)C)CC1. The molecule has 0 saturated carbocycles. The number of hydrogen-bond donors (Lipinski definition) is 0. The minimum Gasteiger partial charge on any atom is -0.499 e. The summed E-state index contributed by atoms with van der Waals surface area (Å²) in [5, 5.41) is 0. The first-order valence-electron chi connectivity index (χ1n) is 5.92. The van der Waals surface area contributed by atoms with Gasteiger partial charge in [-0.3, -0.25) is 4.90 Å². The number of allylic oxidation sites excluding steroid dienone is 1. The predicted molar refractivity (Wildman–Crippen MR) is 66.1 cm³/mol. The van der Waals surface area contributed by atoms with Crippen LogP contribution in [0.2, 0.25) is 0 Å². The van der Waals surface area contributed by atoms with Crippen molar-refractivity contribution in [1.29, 1.82) is 0 Å². The summed E-state index contributed by atoms with van der Waals surface area (Å²) in [6, 6.07) is 0. The molecule has 3 nitrogen and oxygen atoms in total. The van der Waals surface area contributed by atoms with Gasteiger partial charge in [-0.05, 0) is 25.7 Å². The number of hydrogen-bond acceptors (Lipinski definition) is 3. The Morgan fingerprint density at radius 2 is 2.06 bits per heavy atom. The molecule has 3 heteroatoms. The molecule has 0 aromatic carbocycles. The molecule has 1 aliphatic heterocycles. The Labute approximate surface area is 98.7 Å². The lowest BCUT2D eigenvalue weighted by Crippen LogP contribution is -2.35. The normalized spacial score (nSPS) is 18.3. The van der Waals surface area contributed by atoms with Crippen molar-refractivity contribution in [2.45, 2.75) is 19.8 Å². The molecule has 0 radical (unpaired) electrons. The molecule has 0 aromatic rings. The molecule has 0 atom stereocenters. The van der Waals surface area contributed by atoms with Crippen molar-refractivity contribution < 1.29 is 9.47 Å². The molecule has 0 aliphatic carbocycles. The van der Waals surface area contributed by atoms with E-state index in [1.54, 1.807) is 0 Å². The van der Waals surface area contributed by atoms with Crippen LogP contribution in [0.3, 0.4) is 0 Å². The van der Waals surface area contributed by atoms with Gasteiger partial charge in [-0.15, -0.1) is 0 Å². The fraction of sp³-hybridized carbons (Fsp3) is 0.692. The quantitative estimate of drug-likeness (QED) is 0.377. The number of likely N-dealkylation sites (tertiary alicyclic amines) is 1. The van der Waals surface area contributed by atoms with Gasteiger partial charge in [0, 0.05) is 13.1 Å². The predicted octanol–water partition coefficient (Wildman–Crippen LogP) is 2.41. The minimum absolute atomic E-state index is 0.589. The number of rotatable bonds is 7. The average Bonchev–Trinajstić information content (AvgIpc) is 2.29. The molecule has 1 aliphatic rings. The maximum Gasteiger partial charge on any atom is 0.111 e. The van der Waals surface area contributed by atoms with Crippen molar-refractivity contribution in [3.8, 4) is 0 Å². The molecule has 0 bridgehead atoms. The maximum atomic E-state index is 5.50. The smallest absolute Gasteiger partial charge is 0.111 e. The van der Waals surface area contributed by atoms with Crippen LogP contribution in [0.1, 0.15) is 19.8 Å². The topological polar surface area (TPSA) is 21.7 Å². The van der Waals surface area contributed by atoms with E-state index in [0.29, 0.717) is 25.9 Å². The van der Waals surface area contributed by atoms with E-state index in [0.717, 1.165) is 13.1 Å². The van der Waals surface area contributed by atoms with Crippen LogP contribution in [0.5, 0.6) is 0 Å². The van der Waals surface area contributed by atoms with Gasteiger partial charge in [0.15, 0.2) is 0 Å². The highest BCUT2D eigenvalue weighted by Gasteiger charge is 2.18. The first-order valence-corrected chi connectivity index (χ1v) is 5.92. The van der Waals surface area contributed by atoms with Crippen LogP contribution in [-0.2, 0) is 9.47 Å². The van der Waals surface area contributed by atoms with Crippen molar-refractivity contribution in [2.75, 3.05) is 33.0 Å². The fourth-order valence-corrected chi connectivity index (χ4v) is 1.94. The Morgan fingerprint density at radius 3 is 2.62 bits per heavy atom. The number of nitrogens with zero attached hydrogens (tertiary/aromatic N) is 1. The maximum absolute atomic E-state index is 5.50. The second-order valence-corrected chi connectivity index (χ2v) is 4.31. The summed E-state index contributed by atoms with van der Waals surface area (Å²) in [5.74, 6) is 0.709. The van der Waals surface area contributed by atoms with E-state index in [1.807, 2.05) is 0 Å². The van der Waals surface area contributed by atoms with Crippen LogP contribution in [0.4, 0.5) is 0 Å². The largest absolute Gasteiger partial charge is 0.499 e. The Hall–Kier alpha value is -0.800. The van der Waals surface area contributed by atoms with Gasteiger partial charge in [-0.25, -0.2) is 0 Å². The molecular weight excluding hydrogens is 202 g/mol. The monoisotopic (exact) mass is 225 g/mol. The summed E-state index contributed by atoms with van der Waals surface area (Å²) in [4.78, 5) is 2.34.